The Bertz CT molecular complexity index is 327. The first-order chi connectivity index (χ1) is 7.84. The molecule has 2 nitrogen and oxygen atoms in total. The molecule has 16 heavy (non-hydrogen) atoms. The molecule has 1 aliphatic rings. The number of halogens is 1. The Morgan fingerprint density at radius 1 is 1.44 bits per heavy atom. The zero-order valence-corrected chi connectivity index (χ0v) is 10.9. The van der Waals surface area contributed by atoms with Crippen LogP contribution in [0, 0.1) is 0 Å². The van der Waals surface area contributed by atoms with E-state index < -0.39 is 0 Å². The molecule has 1 aromatic heterocycles. The second kappa shape index (κ2) is 6.48. The fourth-order valence-corrected chi connectivity index (χ4v) is 3.11. The lowest BCUT2D eigenvalue weighted by atomic mass is 10.0. The molecule has 0 spiro atoms. The Morgan fingerprint density at radius 3 is 3.12 bits per heavy atom. The Hall–Kier alpha value is -0.250. The molecule has 0 saturated carbocycles. The fraction of sp³-hybridized carbons (Fsp3) is 0.583. The van der Waals surface area contributed by atoms with Gasteiger partial charge in [-0.2, -0.15) is 0 Å². The predicted octanol–water partition coefficient (Wildman–Crippen LogP) is 3.36. The van der Waals surface area contributed by atoms with Crippen LogP contribution in [-0.2, 0) is 0 Å². The van der Waals surface area contributed by atoms with E-state index in [1.165, 1.54) is 32.2 Å². The number of piperidine rings is 1. The van der Waals surface area contributed by atoms with Gasteiger partial charge in [0.25, 0.3) is 0 Å². The molecule has 1 saturated heterocycles. The Morgan fingerprint density at radius 2 is 2.38 bits per heavy atom. The van der Waals surface area contributed by atoms with Crippen molar-refractivity contribution in [2.24, 2.45) is 0 Å². The van der Waals surface area contributed by atoms with E-state index in [9.17, 15) is 0 Å². The number of pyridine rings is 1. The lowest BCUT2D eigenvalue weighted by Crippen LogP contribution is -2.34. The van der Waals surface area contributed by atoms with Crippen LogP contribution in [-0.4, -0.2) is 23.3 Å². The molecule has 1 fully saturated rings. The van der Waals surface area contributed by atoms with Crippen LogP contribution >= 0.6 is 23.4 Å². The molecule has 0 aromatic carbocycles. The lowest BCUT2D eigenvalue weighted by molar-refractivity contribution is 0.394. The third-order valence-electron chi connectivity index (χ3n) is 2.82. The molecule has 0 bridgehead atoms. The minimum absolute atomic E-state index is 0.584. The van der Waals surface area contributed by atoms with Crippen LogP contribution in [0.15, 0.2) is 23.2 Å². The molecule has 2 heterocycles. The highest BCUT2D eigenvalue weighted by molar-refractivity contribution is 7.99. The first-order valence-electron chi connectivity index (χ1n) is 5.83. The van der Waals surface area contributed by atoms with E-state index in [2.05, 4.69) is 10.3 Å². The van der Waals surface area contributed by atoms with Gasteiger partial charge >= 0.3 is 0 Å². The number of hydrogen-bond donors (Lipinski definition) is 1. The summed E-state index contributed by atoms with van der Waals surface area (Å²) in [4.78, 5) is 4.26. The molecular weight excluding hydrogens is 240 g/mol. The molecule has 88 valence electrons. The van der Waals surface area contributed by atoms with Crippen LogP contribution in [0.25, 0.3) is 0 Å². The van der Waals surface area contributed by atoms with Gasteiger partial charge in [0.05, 0.1) is 5.03 Å². The average molecular weight is 257 g/mol. The van der Waals surface area contributed by atoms with Gasteiger partial charge in [0, 0.05) is 11.8 Å². The molecule has 1 atom stereocenters. The predicted molar refractivity (Wildman–Crippen MR) is 70.2 cm³/mol. The second-order valence-corrected chi connectivity index (χ2v) is 5.58. The van der Waals surface area contributed by atoms with Crippen molar-refractivity contribution < 1.29 is 0 Å². The van der Waals surface area contributed by atoms with Crippen molar-refractivity contribution in [3.8, 4) is 0 Å². The zero-order valence-electron chi connectivity index (χ0n) is 9.29. The maximum Gasteiger partial charge on any atom is 0.130 e. The number of rotatable bonds is 4. The maximum absolute atomic E-state index is 5.84. The summed E-state index contributed by atoms with van der Waals surface area (Å²) in [5.74, 6) is 1.12. The van der Waals surface area contributed by atoms with E-state index in [-0.39, 0.29) is 0 Å². The van der Waals surface area contributed by atoms with Crippen molar-refractivity contribution >= 4 is 23.4 Å². The quantitative estimate of drug-likeness (QED) is 0.661. The topological polar surface area (TPSA) is 24.9 Å². The molecule has 1 aromatic rings. The van der Waals surface area contributed by atoms with Gasteiger partial charge in [-0.05, 0) is 37.9 Å². The van der Waals surface area contributed by atoms with E-state index in [0.717, 1.165) is 10.8 Å². The van der Waals surface area contributed by atoms with Crippen molar-refractivity contribution in [2.45, 2.75) is 36.8 Å². The molecule has 1 aliphatic heterocycles. The summed E-state index contributed by atoms with van der Waals surface area (Å²) >= 11 is 7.63. The number of hydrogen-bond acceptors (Lipinski definition) is 3. The molecule has 1 unspecified atom stereocenters. The molecule has 0 amide bonds. The molecular formula is C12H17ClN2S. The van der Waals surface area contributed by atoms with Crippen LogP contribution in [0.3, 0.4) is 0 Å². The van der Waals surface area contributed by atoms with Crippen molar-refractivity contribution in [3.63, 3.8) is 0 Å². The number of nitrogens with zero attached hydrogens (tertiary/aromatic N) is 1. The molecule has 0 aliphatic carbocycles. The summed E-state index contributed by atoms with van der Waals surface area (Å²) in [5.41, 5.74) is 0. The highest BCUT2D eigenvalue weighted by Gasteiger charge is 2.11. The van der Waals surface area contributed by atoms with Gasteiger partial charge in [0.1, 0.15) is 5.15 Å². The van der Waals surface area contributed by atoms with Crippen molar-refractivity contribution in [1.82, 2.24) is 10.3 Å². The van der Waals surface area contributed by atoms with Gasteiger partial charge in [0.2, 0.25) is 0 Å². The highest BCUT2D eigenvalue weighted by atomic mass is 35.5. The molecule has 0 radical (unpaired) electrons. The summed E-state index contributed by atoms with van der Waals surface area (Å²) in [5, 5.41) is 5.17. The van der Waals surface area contributed by atoms with Crippen LogP contribution in [0.1, 0.15) is 25.7 Å². The van der Waals surface area contributed by atoms with Gasteiger partial charge < -0.3 is 5.32 Å². The number of thioether (sulfide) groups is 1. The minimum Gasteiger partial charge on any atom is -0.314 e. The van der Waals surface area contributed by atoms with Crippen molar-refractivity contribution in [1.29, 1.82) is 0 Å². The monoisotopic (exact) mass is 256 g/mol. The number of nitrogens with one attached hydrogen (secondary N) is 1. The first-order valence-corrected chi connectivity index (χ1v) is 7.20. The third-order valence-corrected chi connectivity index (χ3v) is 3.99. The van der Waals surface area contributed by atoms with Gasteiger partial charge in [-0.3, -0.25) is 0 Å². The zero-order chi connectivity index (χ0) is 11.2. The van der Waals surface area contributed by atoms with Gasteiger partial charge in [0.15, 0.2) is 0 Å². The lowest BCUT2D eigenvalue weighted by Gasteiger charge is -2.22. The van der Waals surface area contributed by atoms with Gasteiger partial charge in [-0.25, -0.2) is 4.98 Å². The van der Waals surface area contributed by atoms with Crippen molar-refractivity contribution in [3.05, 3.63) is 23.4 Å². The van der Waals surface area contributed by atoms with E-state index in [4.69, 9.17) is 11.6 Å². The molecule has 4 heteroatoms. The fourth-order valence-electron chi connectivity index (χ4n) is 1.95. The first kappa shape index (κ1) is 12.2. The van der Waals surface area contributed by atoms with E-state index in [1.807, 2.05) is 18.2 Å². The maximum atomic E-state index is 5.84. The van der Waals surface area contributed by atoms with Gasteiger partial charge in [-0.15, -0.1) is 11.8 Å². The number of aromatic nitrogens is 1. The van der Waals surface area contributed by atoms with Gasteiger partial charge in [-0.1, -0.05) is 24.1 Å². The van der Waals surface area contributed by atoms with E-state index in [0.29, 0.717) is 11.2 Å². The summed E-state index contributed by atoms with van der Waals surface area (Å²) in [6.45, 7) is 1.19. The SMILES string of the molecule is Clc1cccc(SCCC2CCCCN2)n1. The van der Waals surface area contributed by atoms with Crippen LogP contribution < -0.4 is 5.32 Å². The minimum atomic E-state index is 0.584. The summed E-state index contributed by atoms with van der Waals surface area (Å²) in [6.07, 6.45) is 5.25. The van der Waals surface area contributed by atoms with Crippen LogP contribution in [0.2, 0.25) is 5.15 Å². The molecule has 2 rings (SSSR count). The smallest absolute Gasteiger partial charge is 0.130 e. The average Bonchev–Trinajstić information content (AvgIpc) is 2.30. The van der Waals surface area contributed by atoms with E-state index in [1.54, 1.807) is 11.8 Å². The highest BCUT2D eigenvalue weighted by Crippen LogP contribution is 2.20. The normalized spacial score (nSPS) is 20.9. The largest absolute Gasteiger partial charge is 0.314 e. The van der Waals surface area contributed by atoms with Crippen molar-refractivity contribution in [2.75, 3.05) is 12.3 Å². The standard InChI is InChI=1S/C12H17ClN2S/c13-11-5-3-6-12(15-11)16-9-7-10-4-1-2-8-14-10/h3,5-6,10,14H,1-2,4,7-9H2. The summed E-state index contributed by atoms with van der Waals surface area (Å²) < 4.78 is 0. The Balaban J connectivity index is 1.71. The molecule has 1 N–H and O–H groups in total. The summed E-state index contributed by atoms with van der Waals surface area (Å²) in [6, 6.07) is 6.50. The Labute approximate surface area is 106 Å². The third kappa shape index (κ3) is 3.96. The van der Waals surface area contributed by atoms with Crippen LogP contribution in [0.4, 0.5) is 0 Å². The Kier molecular flexibility index (Phi) is 4.94. The van der Waals surface area contributed by atoms with E-state index >= 15 is 0 Å². The summed E-state index contributed by atoms with van der Waals surface area (Å²) in [7, 11) is 0. The van der Waals surface area contributed by atoms with Crippen LogP contribution in [0.5, 0.6) is 0 Å². The second-order valence-electron chi connectivity index (χ2n) is 4.08.